The van der Waals surface area contributed by atoms with Crippen molar-refractivity contribution < 1.29 is 5.11 Å². The van der Waals surface area contributed by atoms with Crippen molar-refractivity contribution in [1.29, 1.82) is 0 Å². The molecule has 3 heteroatoms. The van der Waals surface area contributed by atoms with Crippen LogP contribution in [0.3, 0.4) is 0 Å². The number of aryl methyl sites for hydroxylation is 1. The predicted octanol–water partition coefficient (Wildman–Crippen LogP) is 2.94. The van der Waals surface area contributed by atoms with E-state index in [9.17, 15) is 0 Å². The molecule has 0 amide bonds. The second-order valence-electron chi connectivity index (χ2n) is 4.13. The largest absolute Gasteiger partial charge is 0.394 e. The van der Waals surface area contributed by atoms with Gasteiger partial charge in [0.2, 0.25) is 0 Å². The van der Waals surface area contributed by atoms with E-state index in [4.69, 9.17) is 5.11 Å². The van der Waals surface area contributed by atoms with Gasteiger partial charge in [-0.15, -0.1) is 0 Å². The van der Waals surface area contributed by atoms with Gasteiger partial charge < -0.3 is 10.4 Å². The Balaban J connectivity index is 2.83. The molecule has 0 atom stereocenters. The number of nitrogens with one attached hydrogen (secondary N) is 1. The minimum atomic E-state index is -0.283. The molecule has 78 valence electrons. The van der Waals surface area contributed by atoms with Gasteiger partial charge in [-0.1, -0.05) is 22.0 Å². The van der Waals surface area contributed by atoms with Crippen molar-refractivity contribution in [3.63, 3.8) is 0 Å². The third-order valence-electron chi connectivity index (χ3n) is 2.05. The molecule has 1 aromatic rings. The second-order valence-corrected chi connectivity index (χ2v) is 4.99. The quantitative estimate of drug-likeness (QED) is 0.873. The van der Waals surface area contributed by atoms with Crippen LogP contribution < -0.4 is 5.32 Å². The molecule has 0 fully saturated rings. The molecule has 2 nitrogen and oxygen atoms in total. The Morgan fingerprint density at radius 3 is 2.57 bits per heavy atom. The maximum atomic E-state index is 9.11. The molecule has 1 aromatic carbocycles. The smallest absolute Gasteiger partial charge is 0.0656 e. The molecule has 0 saturated heterocycles. The summed E-state index contributed by atoms with van der Waals surface area (Å²) in [5.41, 5.74) is 1.94. The van der Waals surface area contributed by atoms with E-state index in [0.717, 1.165) is 10.2 Å². The minimum Gasteiger partial charge on any atom is -0.394 e. The molecular formula is C11H16BrNO. The van der Waals surface area contributed by atoms with Gasteiger partial charge >= 0.3 is 0 Å². The molecule has 0 unspecified atom stereocenters. The number of aliphatic hydroxyl groups is 1. The molecule has 0 heterocycles. The van der Waals surface area contributed by atoms with Gasteiger partial charge in [0.15, 0.2) is 0 Å². The van der Waals surface area contributed by atoms with Crippen molar-refractivity contribution in [2.24, 2.45) is 0 Å². The summed E-state index contributed by atoms with van der Waals surface area (Å²) >= 11 is 3.47. The number of benzene rings is 1. The monoisotopic (exact) mass is 257 g/mol. The fourth-order valence-electron chi connectivity index (χ4n) is 1.10. The number of hydrogen-bond donors (Lipinski definition) is 2. The summed E-state index contributed by atoms with van der Waals surface area (Å²) in [6.07, 6.45) is 0. The number of anilines is 1. The van der Waals surface area contributed by atoms with Gasteiger partial charge in [-0.3, -0.25) is 0 Å². The molecule has 0 aliphatic rings. The zero-order valence-corrected chi connectivity index (χ0v) is 10.4. The topological polar surface area (TPSA) is 32.3 Å². The van der Waals surface area contributed by atoms with E-state index in [-0.39, 0.29) is 12.1 Å². The van der Waals surface area contributed by atoms with E-state index in [0.29, 0.717) is 0 Å². The van der Waals surface area contributed by atoms with Gasteiger partial charge in [0, 0.05) is 10.2 Å². The van der Waals surface area contributed by atoms with E-state index in [1.807, 2.05) is 39.0 Å². The zero-order chi connectivity index (χ0) is 10.8. The van der Waals surface area contributed by atoms with Crippen LogP contribution in [0, 0.1) is 6.92 Å². The molecule has 0 saturated carbocycles. The van der Waals surface area contributed by atoms with Gasteiger partial charge in [-0.25, -0.2) is 0 Å². The highest BCUT2D eigenvalue weighted by Crippen LogP contribution is 2.22. The first-order valence-electron chi connectivity index (χ1n) is 4.60. The third-order valence-corrected chi connectivity index (χ3v) is 2.90. The molecule has 0 bridgehead atoms. The van der Waals surface area contributed by atoms with Crippen molar-refractivity contribution in [2.75, 3.05) is 11.9 Å². The van der Waals surface area contributed by atoms with Crippen molar-refractivity contribution in [2.45, 2.75) is 26.3 Å². The van der Waals surface area contributed by atoms with E-state index >= 15 is 0 Å². The van der Waals surface area contributed by atoms with E-state index in [1.165, 1.54) is 5.56 Å². The van der Waals surface area contributed by atoms with Crippen LogP contribution in [0.25, 0.3) is 0 Å². The molecular weight excluding hydrogens is 242 g/mol. The van der Waals surface area contributed by atoms with Gasteiger partial charge in [0.25, 0.3) is 0 Å². The summed E-state index contributed by atoms with van der Waals surface area (Å²) in [5.74, 6) is 0. The van der Waals surface area contributed by atoms with Crippen LogP contribution in [0.5, 0.6) is 0 Å². The maximum absolute atomic E-state index is 9.11. The first kappa shape index (κ1) is 11.5. The summed E-state index contributed by atoms with van der Waals surface area (Å²) in [6, 6.07) is 6.07. The number of aliphatic hydroxyl groups excluding tert-OH is 1. The fourth-order valence-corrected chi connectivity index (χ4v) is 1.48. The third kappa shape index (κ3) is 3.00. The van der Waals surface area contributed by atoms with Gasteiger partial charge in [0.05, 0.1) is 12.1 Å². The van der Waals surface area contributed by atoms with Gasteiger partial charge in [0.1, 0.15) is 0 Å². The van der Waals surface area contributed by atoms with Gasteiger partial charge in [-0.05, 0) is 38.5 Å². The van der Waals surface area contributed by atoms with Crippen LogP contribution >= 0.6 is 15.9 Å². The van der Waals surface area contributed by atoms with Crippen LogP contribution in [0.15, 0.2) is 22.7 Å². The summed E-state index contributed by atoms with van der Waals surface area (Å²) < 4.78 is 1.08. The van der Waals surface area contributed by atoms with Gasteiger partial charge in [-0.2, -0.15) is 0 Å². The van der Waals surface area contributed by atoms with Crippen molar-refractivity contribution in [1.82, 2.24) is 0 Å². The average Bonchev–Trinajstić information content (AvgIpc) is 2.11. The lowest BCUT2D eigenvalue weighted by Crippen LogP contribution is -2.34. The number of hydrogen-bond acceptors (Lipinski definition) is 2. The Labute approximate surface area is 93.5 Å². The Morgan fingerprint density at radius 2 is 2.07 bits per heavy atom. The zero-order valence-electron chi connectivity index (χ0n) is 8.76. The lowest BCUT2D eigenvalue weighted by atomic mass is 10.1. The SMILES string of the molecule is Cc1ccc(NC(C)(C)CO)cc1Br. The minimum absolute atomic E-state index is 0.110. The molecule has 0 aliphatic heterocycles. The molecule has 1 rings (SSSR count). The Bertz CT molecular complexity index is 323. The highest BCUT2D eigenvalue weighted by Gasteiger charge is 2.15. The van der Waals surface area contributed by atoms with Crippen molar-refractivity contribution >= 4 is 21.6 Å². The summed E-state index contributed by atoms with van der Waals surface area (Å²) in [5, 5.41) is 12.4. The lowest BCUT2D eigenvalue weighted by molar-refractivity contribution is 0.234. The molecule has 2 N–H and O–H groups in total. The molecule has 0 radical (unpaired) electrons. The van der Waals surface area contributed by atoms with Crippen molar-refractivity contribution in [3.05, 3.63) is 28.2 Å². The van der Waals surface area contributed by atoms with Crippen LogP contribution in [0.2, 0.25) is 0 Å². The fraction of sp³-hybridized carbons (Fsp3) is 0.455. The maximum Gasteiger partial charge on any atom is 0.0656 e. The second kappa shape index (κ2) is 4.32. The van der Waals surface area contributed by atoms with Crippen LogP contribution in [-0.2, 0) is 0 Å². The first-order chi connectivity index (χ1) is 6.44. The molecule has 0 aromatic heterocycles. The highest BCUT2D eigenvalue weighted by atomic mass is 79.9. The summed E-state index contributed by atoms with van der Waals surface area (Å²) in [7, 11) is 0. The van der Waals surface area contributed by atoms with Crippen LogP contribution in [-0.4, -0.2) is 17.3 Å². The normalized spacial score (nSPS) is 11.5. The molecule has 0 aliphatic carbocycles. The Kier molecular flexibility index (Phi) is 3.56. The van der Waals surface area contributed by atoms with Crippen LogP contribution in [0.1, 0.15) is 19.4 Å². The Morgan fingerprint density at radius 1 is 1.43 bits per heavy atom. The molecule has 14 heavy (non-hydrogen) atoms. The Hall–Kier alpha value is -0.540. The van der Waals surface area contributed by atoms with E-state index in [1.54, 1.807) is 0 Å². The number of halogens is 1. The number of rotatable bonds is 3. The van der Waals surface area contributed by atoms with E-state index < -0.39 is 0 Å². The lowest BCUT2D eigenvalue weighted by Gasteiger charge is -2.25. The van der Waals surface area contributed by atoms with Crippen molar-refractivity contribution in [3.8, 4) is 0 Å². The van der Waals surface area contributed by atoms with E-state index in [2.05, 4.69) is 21.2 Å². The summed E-state index contributed by atoms with van der Waals surface area (Å²) in [4.78, 5) is 0. The average molecular weight is 258 g/mol. The van der Waals surface area contributed by atoms with Crippen LogP contribution in [0.4, 0.5) is 5.69 Å². The summed E-state index contributed by atoms with van der Waals surface area (Å²) in [6.45, 7) is 6.07. The molecule has 0 spiro atoms. The highest BCUT2D eigenvalue weighted by molar-refractivity contribution is 9.10. The standard InChI is InChI=1S/C11H16BrNO/c1-8-4-5-9(6-10(8)12)13-11(2,3)7-14/h4-6,13-14H,7H2,1-3H3. The first-order valence-corrected chi connectivity index (χ1v) is 5.39. The predicted molar refractivity (Wildman–Crippen MR) is 63.7 cm³/mol.